The van der Waals surface area contributed by atoms with Crippen LogP contribution in [-0.2, 0) is 6.42 Å². The van der Waals surface area contributed by atoms with Crippen LogP contribution >= 0.6 is 15.9 Å². The highest BCUT2D eigenvalue weighted by molar-refractivity contribution is 9.10. The van der Waals surface area contributed by atoms with Crippen LogP contribution in [0.2, 0.25) is 0 Å². The number of aliphatic hydroxyl groups is 1. The van der Waals surface area contributed by atoms with E-state index in [-0.39, 0.29) is 5.82 Å². The zero-order chi connectivity index (χ0) is 12.4. The van der Waals surface area contributed by atoms with Gasteiger partial charge in [-0.25, -0.2) is 4.39 Å². The Hall–Kier alpha value is -1.13. The van der Waals surface area contributed by atoms with Gasteiger partial charge in [0.2, 0.25) is 0 Å². The zero-order valence-electron chi connectivity index (χ0n) is 9.28. The molecule has 17 heavy (non-hydrogen) atoms. The summed E-state index contributed by atoms with van der Waals surface area (Å²) in [5, 5.41) is 10.0. The van der Waals surface area contributed by atoms with Crippen molar-refractivity contribution in [3.63, 3.8) is 0 Å². The van der Waals surface area contributed by atoms with E-state index in [0.29, 0.717) is 22.2 Å². The average molecular weight is 299 g/mol. The van der Waals surface area contributed by atoms with Crippen molar-refractivity contribution in [2.75, 3.05) is 0 Å². The molecule has 2 aromatic rings. The molecule has 4 heteroatoms. The minimum absolute atomic E-state index is 0.312. The van der Waals surface area contributed by atoms with Gasteiger partial charge in [0.05, 0.1) is 10.7 Å². The molecule has 1 aromatic heterocycles. The van der Waals surface area contributed by atoms with E-state index in [1.54, 1.807) is 18.2 Å². The molecule has 0 saturated carbocycles. The molecule has 90 valence electrons. The molecule has 1 atom stereocenters. The number of halogens is 2. The Morgan fingerprint density at radius 2 is 2.18 bits per heavy atom. The molecule has 1 aromatic carbocycles. The Morgan fingerprint density at radius 1 is 1.41 bits per heavy atom. The summed E-state index contributed by atoms with van der Waals surface area (Å²) in [7, 11) is 0. The van der Waals surface area contributed by atoms with Gasteiger partial charge in [0.1, 0.15) is 17.7 Å². The smallest absolute Gasteiger partial charge is 0.137 e. The van der Waals surface area contributed by atoms with Crippen molar-refractivity contribution in [3.05, 3.63) is 57.7 Å². The van der Waals surface area contributed by atoms with Crippen molar-refractivity contribution in [3.8, 4) is 0 Å². The third-order valence-corrected chi connectivity index (χ3v) is 3.54. The van der Waals surface area contributed by atoms with Crippen LogP contribution < -0.4 is 0 Å². The molecule has 0 fully saturated rings. The molecule has 0 aliphatic carbocycles. The van der Waals surface area contributed by atoms with Crippen LogP contribution in [-0.4, -0.2) is 5.11 Å². The molecule has 0 aliphatic rings. The van der Waals surface area contributed by atoms with Gasteiger partial charge in [-0.2, -0.15) is 0 Å². The van der Waals surface area contributed by atoms with Crippen LogP contribution in [0.4, 0.5) is 4.39 Å². The van der Waals surface area contributed by atoms with Gasteiger partial charge < -0.3 is 9.52 Å². The monoisotopic (exact) mass is 298 g/mol. The molecular formula is C13H12BrFO2. The SMILES string of the molecule is Cc1ccoc1C(O)Cc1cccc(F)c1Br. The zero-order valence-corrected chi connectivity index (χ0v) is 10.9. The highest BCUT2D eigenvalue weighted by Crippen LogP contribution is 2.27. The van der Waals surface area contributed by atoms with Crippen LogP contribution in [0.25, 0.3) is 0 Å². The first-order valence-electron chi connectivity index (χ1n) is 5.24. The first-order chi connectivity index (χ1) is 8.09. The minimum Gasteiger partial charge on any atom is -0.466 e. The molecule has 0 spiro atoms. The fourth-order valence-electron chi connectivity index (χ4n) is 1.73. The Kier molecular flexibility index (Phi) is 3.64. The minimum atomic E-state index is -0.761. The molecule has 0 amide bonds. The van der Waals surface area contributed by atoms with E-state index in [0.717, 1.165) is 5.56 Å². The van der Waals surface area contributed by atoms with Crippen molar-refractivity contribution in [2.45, 2.75) is 19.4 Å². The molecule has 0 radical (unpaired) electrons. The number of hydrogen-bond donors (Lipinski definition) is 1. The summed E-state index contributed by atoms with van der Waals surface area (Å²) in [5.74, 6) is 0.201. The van der Waals surface area contributed by atoms with Crippen molar-refractivity contribution in [2.24, 2.45) is 0 Å². The second-order valence-electron chi connectivity index (χ2n) is 3.90. The lowest BCUT2D eigenvalue weighted by Gasteiger charge is -2.11. The maximum absolute atomic E-state index is 13.3. The first-order valence-corrected chi connectivity index (χ1v) is 6.04. The Morgan fingerprint density at radius 3 is 2.82 bits per heavy atom. The fourth-order valence-corrected chi connectivity index (χ4v) is 2.16. The quantitative estimate of drug-likeness (QED) is 0.936. The van der Waals surface area contributed by atoms with E-state index >= 15 is 0 Å². The van der Waals surface area contributed by atoms with Gasteiger partial charge >= 0.3 is 0 Å². The lowest BCUT2D eigenvalue weighted by atomic mass is 10.0. The topological polar surface area (TPSA) is 33.4 Å². The molecule has 2 nitrogen and oxygen atoms in total. The number of aliphatic hydroxyl groups excluding tert-OH is 1. The van der Waals surface area contributed by atoms with Crippen LogP contribution in [0.1, 0.15) is 23.0 Å². The van der Waals surface area contributed by atoms with E-state index in [1.165, 1.54) is 12.3 Å². The van der Waals surface area contributed by atoms with Crippen molar-refractivity contribution >= 4 is 15.9 Å². The van der Waals surface area contributed by atoms with Crippen molar-refractivity contribution in [1.29, 1.82) is 0 Å². The predicted octanol–water partition coefficient (Wildman–Crippen LogP) is 3.77. The normalized spacial score (nSPS) is 12.7. The van der Waals surface area contributed by atoms with Gasteiger partial charge in [-0.3, -0.25) is 0 Å². The van der Waals surface area contributed by atoms with Gasteiger partial charge in [0.25, 0.3) is 0 Å². The average Bonchev–Trinajstić information content (AvgIpc) is 2.71. The van der Waals surface area contributed by atoms with Gasteiger partial charge in [-0.1, -0.05) is 12.1 Å². The maximum atomic E-state index is 13.3. The Labute approximate surface area is 107 Å². The third-order valence-electron chi connectivity index (χ3n) is 2.65. The first kappa shape index (κ1) is 12.3. The Balaban J connectivity index is 2.22. The molecule has 0 saturated heterocycles. The van der Waals surface area contributed by atoms with Crippen molar-refractivity contribution < 1.29 is 13.9 Å². The summed E-state index contributed by atoms with van der Waals surface area (Å²) >= 11 is 3.17. The number of furan rings is 1. The second-order valence-corrected chi connectivity index (χ2v) is 4.69. The van der Waals surface area contributed by atoms with E-state index in [2.05, 4.69) is 15.9 Å². The Bertz CT molecular complexity index is 522. The lowest BCUT2D eigenvalue weighted by Crippen LogP contribution is -2.03. The summed E-state index contributed by atoms with van der Waals surface area (Å²) in [4.78, 5) is 0. The molecule has 1 N–H and O–H groups in total. The third kappa shape index (κ3) is 2.58. The second kappa shape index (κ2) is 5.02. The van der Waals surface area contributed by atoms with Gasteiger partial charge in [-0.05, 0) is 46.1 Å². The summed E-state index contributed by atoms with van der Waals surface area (Å²) in [6.07, 6.45) is 1.09. The summed E-state index contributed by atoms with van der Waals surface area (Å²) in [5.41, 5.74) is 1.61. The van der Waals surface area contributed by atoms with E-state index in [4.69, 9.17) is 4.42 Å². The van der Waals surface area contributed by atoms with Crippen LogP contribution in [0.5, 0.6) is 0 Å². The summed E-state index contributed by atoms with van der Waals surface area (Å²) < 4.78 is 18.9. The van der Waals surface area contributed by atoms with E-state index in [1.807, 2.05) is 6.92 Å². The molecule has 1 unspecified atom stereocenters. The number of aryl methyl sites for hydroxylation is 1. The summed E-state index contributed by atoms with van der Waals surface area (Å²) in [6.45, 7) is 1.86. The van der Waals surface area contributed by atoms with Crippen molar-refractivity contribution in [1.82, 2.24) is 0 Å². The van der Waals surface area contributed by atoms with Crippen LogP contribution in [0, 0.1) is 12.7 Å². The summed E-state index contributed by atoms with van der Waals surface area (Å²) in [6, 6.07) is 6.56. The lowest BCUT2D eigenvalue weighted by molar-refractivity contribution is 0.149. The van der Waals surface area contributed by atoms with Gasteiger partial charge in [-0.15, -0.1) is 0 Å². The highest BCUT2D eigenvalue weighted by atomic mass is 79.9. The van der Waals surface area contributed by atoms with Gasteiger partial charge in [0, 0.05) is 6.42 Å². The number of rotatable bonds is 3. The molecular weight excluding hydrogens is 287 g/mol. The van der Waals surface area contributed by atoms with Gasteiger partial charge in [0.15, 0.2) is 0 Å². The van der Waals surface area contributed by atoms with E-state index < -0.39 is 6.10 Å². The number of hydrogen-bond acceptors (Lipinski definition) is 2. The van der Waals surface area contributed by atoms with Crippen LogP contribution in [0.15, 0.2) is 39.4 Å². The molecule has 0 aliphatic heterocycles. The highest BCUT2D eigenvalue weighted by Gasteiger charge is 2.16. The molecule has 1 heterocycles. The molecule has 0 bridgehead atoms. The van der Waals surface area contributed by atoms with E-state index in [9.17, 15) is 9.50 Å². The maximum Gasteiger partial charge on any atom is 0.137 e. The van der Waals surface area contributed by atoms with Crippen LogP contribution in [0.3, 0.4) is 0 Å². The predicted molar refractivity (Wildman–Crippen MR) is 66.2 cm³/mol. The standard InChI is InChI=1S/C13H12BrFO2/c1-8-5-6-17-13(8)11(16)7-9-3-2-4-10(15)12(9)14/h2-6,11,16H,7H2,1H3. The largest absolute Gasteiger partial charge is 0.466 e. The molecule has 2 rings (SSSR count). The fraction of sp³-hybridized carbons (Fsp3) is 0.231. The number of benzene rings is 1.